The SMILES string of the molecule is O=C1OC2(CCCCCCCC2)C12CCCCCCCC2. The maximum atomic E-state index is 12.5. The number of fused-ring (bicyclic) bond motifs is 1. The molecule has 21 heavy (non-hydrogen) atoms. The largest absolute Gasteiger partial charge is 0.457 e. The summed E-state index contributed by atoms with van der Waals surface area (Å²) >= 11 is 0. The highest BCUT2D eigenvalue weighted by Gasteiger charge is 2.66. The minimum atomic E-state index is -0.0956. The van der Waals surface area contributed by atoms with Crippen molar-refractivity contribution in [3.63, 3.8) is 0 Å². The number of hydrogen-bond acceptors (Lipinski definition) is 2. The van der Waals surface area contributed by atoms with E-state index in [4.69, 9.17) is 4.74 Å². The number of ether oxygens (including phenoxy) is 1. The van der Waals surface area contributed by atoms with E-state index in [1.807, 2.05) is 0 Å². The summed E-state index contributed by atoms with van der Waals surface area (Å²) in [6, 6.07) is 0. The lowest BCUT2D eigenvalue weighted by molar-refractivity contribution is -0.253. The zero-order valence-electron chi connectivity index (χ0n) is 13.6. The van der Waals surface area contributed by atoms with Crippen LogP contribution in [0, 0.1) is 5.41 Å². The molecule has 0 radical (unpaired) electrons. The fraction of sp³-hybridized carbons (Fsp3) is 0.947. The molecule has 0 N–H and O–H groups in total. The molecule has 0 aromatic rings. The molecule has 1 aliphatic heterocycles. The number of hydrogen-bond donors (Lipinski definition) is 0. The van der Waals surface area contributed by atoms with E-state index in [0.717, 1.165) is 25.7 Å². The second kappa shape index (κ2) is 6.71. The van der Waals surface area contributed by atoms with Gasteiger partial charge >= 0.3 is 5.97 Å². The summed E-state index contributed by atoms with van der Waals surface area (Å²) in [6.45, 7) is 0. The number of carbonyl (C=O) groups is 1. The number of esters is 1. The third-order valence-corrected chi connectivity index (χ3v) is 6.42. The van der Waals surface area contributed by atoms with Gasteiger partial charge in [-0.05, 0) is 38.5 Å². The summed E-state index contributed by atoms with van der Waals surface area (Å²) in [5, 5.41) is 0. The molecule has 1 saturated heterocycles. The van der Waals surface area contributed by atoms with E-state index in [9.17, 15) is 4.79 Å². The van der Waals surface area contributed by atoms with E-state index < -0.39 is 0 Å². The highest BCUT2D eigenvalue weighted by Crippen LogP contribution is 2.58. The monoisotopic (exact) mass is 292 g/mol. The molecule has 3 rings (SSSR count). The van der Waals surface area contributed by atoms with E-state index in [0.29, 0.717) is 0 Å². The van der Waals surface area contributed by atoms with Gasteiger partial charge in [0, 0.05) is 0 Å². The van der Waals surface area contributed by atoms with Crippen molar-refractivity contribution in [3.8, 4) is 0 Å². The zero-order chi connectivity index (χ0) is 14.6. The minimum absolute atomic E-state index is 0.0707. The van der Waals surface area contributed by atoms with Crippen molar-refractivity contribution in [2.75, 3.05) is 0 Å². The van der Waals surface area contributed by atoms with Crippen LogP contribution in [0.15, 0.2) is 0 Å². The lowest BCUT2D eigenvalue weighted by Gasteiger charge is -2.57. The second-order valence-electron chi connectivity index (χ2n) is 7.71. The first kappa shape index (κ1) is 15.4. The summed E-state index contributed by atoms with van der Waals surface area (Å²) in [5.74, 6) is 0.156. The fourth-order valence-electron chi connectivity index (χ4n) is 5.09. The Hall–Kier alpha value is -0.530. The average Bonchev–Trinajstić information content (AvgIpc) is 2.69. The van der Waals surface area contributed by atoms with Crippen LogP contribution in [0.2, 0.25) is 0 Å². The van der Waals surface area contributed by atoms with Crippen LogP contribution in [0.5, 0.6) is 0 Å². The van der Waals surface area contributed by atoms with E-state index >= 15 is 0 Å². The van der Waals surface area contributed by atoms with Gasteiger partial charge in [-0.15, -0.1) is 0 Å². The lowest BCUT2D eigenvalue weighted by atomic mass is 9.58. The average molecular weight is 292 g/mol. The van der Waals surface area contributed by atoms with Gasteiger partial charge in [-0.3, -0.25) is 4.79 Å². The first-order valence-corrected chi connectivity index (χ1v) is 9.53. The van der Waals surface area contributed by atoms with Gasteiger partial charge in [-0.1, -0.05) is 64.2 Å². The highest BCUT2D eigenvalue weighted by molar-refractivity contribution is 5.85. The molecule has 1 heterocycles. The fourth-order valence-corrected chi connectivity index (χ4v) is 5.09. The molecule has 0 bridgehead atoms. The van der Waals surface area contributed by atoms with Crippen LogP contribution in [-0.2, 0) is 9.53 Å². The van der Waals surface area contributed by atoms with Crippen LogP contribution in [0.25, 0.3) is 0 Å². The lowest BCUT2D eigenvalue weighted by Crippen LogP contribution is -2.66. The zero-order valence-corrected chi connectivity index (χ0v) is 13.6. The predicted octanol–water partition coefficient (Wildman–Crippen LogP) is 5.54. The van der Waals surface area contributed by atoms with Crippen LogP contribution in [0.1, 0.15) is 103 Å². The first-order chi connectivity index (χ1) is 10.3. The van der Waals surface area contributed by atoms with Gasteiger partial charge in [0.2, 0.25) is 0 Å². The molecule has 2 spiro atoms. The van der Waals surface area contributed by atoms with Crippen molar-refractivity contribution in [1.29, 1.82) is 0 Å². The molecular formula is C19H32O2. The Morgan fingerprint density at radius 1 is 0.571 bits per heavy atom. The third-order valence-electron chi connectivity index (χ3n) is 6.42. The van der Waals surface area contributed by atoms with Gasteiger partial charge in [-0.2, -0.15) is 0 Å². The molecule has 0 aromatic heterocycles. The standard InChI is InChI=1S/C19H32O2/c20-17-18(13-9-5-1-2-6-10-14-18)19(21-17)15-11-7-3-4-8-12-16-19/h1-16H2. The van der Waals surface area contributed by atoms with Crippen LogP contribution < -0.4 is 0 Å². The number of rotatable bonds is 0. The second-order valence-corrected chi connectivity index (χ2v) is 7.71. The molecule has 0 unspecified atom stereocenters. The molecule has 2 saturated carbocycles. The van der Waals surface area contributed by atoms with Crippen molar-refractivity contribution in [1.82, 2.24) is 0 Å². The van der Waals surface area contributed by atoms with E-state index in [1.165, 1.54) is 77.0 Å². The molecule has 2 nitrogen and oxygen atoms in total. The van der Waals surface area contributed by atoms with Crippen LogP contribution in [0.3, 0.4) is 0 Å². The van der Waals surface area contributed by atoms with Crippen LogP contribution in [-0.4, -0.2) is 11.6 Å². The molecule has 120 valence electrons. The molecule has 3 aliphatic rings. The first-order valence-electron chi connectivity index (χ1n) is 9.53. The molecule has 2 aliphatic carbocycles. The molecule has 0 amide bonds. The Kier molecular flexibility index (Phi) is 4.91. The minimum Gasteiger partial charge on any atom is -0.457 e. The van der Waals surface area contributed by atoms with Gasteiger partial charge in [0.15, 0.2) is 0 Å². The van der Waals surface area contributed by atoms with Crippen molar-refractivity contribution in [2.45, 2.75) is 108 Å². The van der Waals surface area contributed by atoms with E-state index in [2.05, 4.69) is 0 Å². The highest BCUT2D eigenvalue weighted by atomic mass is 16.6. The molecule has 0 atom stereocenters. The normalized spacial score (nSPS) is 30.0. The van der Waals surface area contributed by atoms with Crippen molar-refractivity contribution in [2.24, 2.45) is 5.41 Å². The Balaban J connectivity index is 1.79. The molecular weight excluding hydrogens is 260 g/mol. The summed E-state index contributed by atoms with van der Waals surface area (Å²) in [7, 11) is 0. The Bertz CT molecular complexity index is 341. The summed E-state index contributed by atoms with van der Waals surface area (Å²) < 4.78 is 5.95. The van der Waals surface area contributed by atoms with Gasteiger partial charge in [0.05, 0.1) is 0 Å². The summed E-state index contributed by atoms with van der Waals surface area (Å²) in [5.41, 5.74) is -0.166. The summed E-state index contributed by atoms with van der Waals surface area (Å²) in [4.78, 5) is 12.5. The molecule has 0 aromatic carbocycles. The molecule has 3 fully saturated rings. The van der Waals surface area contributed by atoms with Gasteiger partial charge in [0.1, 0.15) is 11.0 Å². The summed E-state index contributed by atoms with van der Waals surface area (Å²) in [6.07, 6.45) is 20.2. The van der Waals surface area contributed by atoms with Gasteiger partial charge in [-0.25, -0.2) is 0 Å². The molecule has 2 heteroatoms. The predicted molar refractivity (Wildman–Crippen MR) is 85.1 cm³/mol. The smallest absolute Gasteiger partial charge is 0.316 e. The number of carbonyl (C=O) groups excluding carboxylic acids is 1. The van der Waals surface area contributed by atoms with Gasteiger partial charge < -0.3 is 4.74 Å². The maximum absolute atomic E-state index is 12.5. The van der Waals surface area contributed by atoms with Gasteiger partial charge in [0.25, 0.3) is 0 Å². The van der Waals surface area contributed by atoms with Crippen molar-refractivity contribution < 1.29 is 9.53 Å². The van der Waals surface area contributed by atoms with E-state index in [-0.39, 0.29) is 17.0 Å². The Morgan fingerprint density at radius 3 is 1.38 bits per heavy atom. The van der Waals surface area contributed by atoms with Crippen LogP contribution >= 0.6 is 0 Å². The Labute approximate surface area is 130 Å². The van der Waals surface area contributed by atoms with Crippen molar-refractivity contribution >= 4 is 5.97 Å². The maximum Gasteiger partial charge on any atom is 0.316 e. The van der Waals surface area contributed by atoms with E-state index in [1.54, 1.807) is 0 Å². The Morgan fingerprint density at radius 2 is 0.952 bits per heavy atom. The topological polar surface area (TPSA) is 26.3 Å². The quantitative estimate of drug-likeness (QED) is 0.548. The third kappa shape index (κ3) is 2.87. The van der Waals surface area contributed by atoms with Crippen molar-refractivity contribution in [3.05, 3.63) is 0 Å². The van der Waals surface area contributed by atoms with Crippen LogP contribution in [0.4, 0.5) is 0 Å².